The summed E-state index contributed by atoms with van der Waals surface area (Å²) in [5.41, 5.74) is 0. The summed E-state index contributed by atoms with van der Waals surface area (Å²) in [6.45, 7) is 4.45. The van der Waals surface area contributed by atoms with Crippen LogP contribution in [0.3, 0.4) is 0 Å². The van der Waals surface area contributed by atoms with E-state index in [1.54, 1.807) is 0 Å². The van der Waals surface area contributed by atoms with E-state index in [1.165, 1.54) is 17.7 Å². The lowest BCUT2D eigenvalue weighted by atomic mass is 9.91. The van der Waals surface area contributed by atoms with Gasteiger partial charge in [0.15, 0.2) is 0 Å². The molecular formula is C13H22N2O3. The van der Waals surface area contributed by atoms with Crippen LogP contribution in [0.15, 0.2) is 0 Å². The smallest absolute Gasteiger partial charge is 0.326 e. The van der Waals surface area contributed by atoms with Crippen molar-refractivity contribution in [2.24, 2.45) is 11.8 Å². The number of carbonyl (C=O) groups excluding carboxylic acids is 1. The predicted molar refractivity (Wildman–Crippen MR) is 67.2 cm³/mol. The van der Waals surface area contributed by atoms with Crippen molar-refractivity contribution >= 4 is 12.0 Å². The molecule has 5 nitrogen and oxygen atoms in total. The Bertz CT molecular complexity index is 341. The molecule has 0 aromatic heterocycles. The van der Waals surface area contributed by atoms with Gasteiger partial charge in [0.2, 0.25) is 0 Å². The third kappa shape index (κ3) is 2.76. The number of hydrogen-bond donors (Lipinski definition) is 2. The summed E-state index contributed by atoms with van der Waals surface area (Å²) in [6.07, 6.45) is 4.09. The molecule has 2 amide bonds. The van der Waals surface area contributed by atoms with Crippen LogP contribution in [-0.2, 0) is 4.79 Å². The summed E-state index contributed by atoms with van der Waals surface area (Å²) in [7, 11) is 0. The molecule has 1 heterocycles. The van der Waals surface area contributed by atoms with E-state index in [1.807, 2.05) is 13.8 Å². The molecule has 0 aromatic rings. The number of carboxylic acid groups (broad SMARTS) is 1. The Kier molecular flexibility index (Phi) is 3.78. The number of aliphatic carboxylic acids is 1. The monoisotopic (exact) mass is 254 g/mol. The quantitative estimate of drug-likeness (QED) is 0.805. The van der Waals surface area contributed by atoms with E-state index in [-0.39, 0.29) is 18.0 Å². The van der Waals surface area contributed by atoms with Crippen LogP contribution in [0.4, 0.5) is 4.79 Å². The van der Waals surface area contributed by atoms with Gasteiger partial charge >= 0.3 is 12.0 Å². The predicted octanol–water partition coefficient (Wildman–Crippen LogP) is 1.68. The Balaban J connectivity index is 1.99. The summed E-state index contributed by atoms with van der Waals surface area (Å²) in [5, 5.41) is 12.2. The lowest BCUT2D eigenvalue weighted by molar-refractivity contribution is -0.145. The van der Waals surface area contributed by atoms with Crippen molar-refractivity contribution in [1.82, 2.24) is 10.2 Å². The minimum absolute atomic E-state index is 0.0261. The van der Waals surface area contributed by atoms with Crippen LogP contribution in [-0.4, -0.2) is 40.6 Å². The standard InChI is InChI=1S/C13H22N2O3/c1-8-4-3-7-15(11(8)12(16)17)13(18)14-9(2)10-5-6-10/h8-11H,3-7H2,1-2H3,(H,14,18)(H,16,17). The fraction of sp³-hybridized carbons (Fsp3) is 0.846. The van der Waals surface area contributed by atoms with Crippen molar-refractivity contribution in [3.05, 3.63) is 0 Å². The van der Waals surface area contributed by atoms with E-state index < -0.39 is 12.0 Å². The summed E-state index contributed by atoms with van der Waals surface area (Å²) in [5.74, 6) is -0.283. The second-order valence-corrected chi connectivity index (χ2v) is 5.67. The van der Waals surface area contributed by atoms with Crippen LogP contribution in [0.25, 0.3) is 0 Å². The maximum Gasteiger partial charge on any atom is 0.326 e. The van der Waals surface area contributed by atoms with E-state index in [9.17, 15) is 14.7 Å². The van der Waals surface area contributed by atoms with Crippen molar-refractivity contribution in [3.8, 4) is 0 Å². The highest BCUT2D eigenvalue weighted by Crippen LogP contribution is 2.32. The lowest BCUT2D eigenvalue weighted by Gasteiger charge is -2.37. The fourth-order valence-electron chi connectivity index (χ4n) is 2.78. The van der Waals surface area contributed by atoms with Crippen LogP contribution >= 0.6 is 0 Å². The van der Waals surface area contributed by atoms with Gasteiger partial charge in [0.05, 0.1) is 0 Å². The van der Waals surface area contributed by atoms with Crippen molar-refractivity contribution < 1.29 is 14.7 Å². The number of rotatable bonds is 3. The number of nitrogens with one attached hydrogen (secondary N) is 1. The molecule has 3 unspecified atom stereocenters. The summed E-state index contributed by atoms with van der Waals surface area (Å²) in [6, 6.07) is -0.734. The van der Waals surface area contributed by atoms with Gasteiger partial charge < -0.3 is 15.3 Å². The van der Waals surface area contributed by atoms with Gasteiger partial charge in [-0.2, -0.15) is 0 Å². The Morgan fingerprint density at radius 1 is 1.33 bits per heavy atom. The van der Waals surface area contributed by atoms with Crippen molar-refractivity contribution in [3.63, 3.8) is 0 Å². The van der Waals surface area contributed by atoms with Gasteiger partial charge in [-0.05, 0) is 44.4 Å². The van der Waals surface area contributed by atoms with Crippen LogP contribution in [0, 0.1) is 11.8 Å². The van der Waals surface area contributed by atoms with Crippen molar-refractivity contribution in [2.45, 2.75) is 51.6 Å². The van der Waals surface area contributed by atoms with Crippen LogP contribution in [0.1, 0.15) is 39.5 Å². The maximum atomic E-state index is 12.2. The molecule has 1 saturated heterocycles. The van der Waals surface area contributed by atoms with E-state index in [2.05, 4.69) is 5.32 Å². The molecule has 1 aliphatic carbocycles. The molecule has 2 N–H and O–H groups in total. The first-order valence-corrected chi connectivity index (χ1v) is 6.80. The SMILES string of the molecule is CC1CCCN(C(=O)NC(C)C2CC2)C1C(=O)O. The first-order valence-electron chi connectivity index (χ1n) is 6.80. The largest absolute Gasteiger partial charge is 0.480 e. The molecule has 1 saturated carbocycles. The van der Waals surface area contributed by atoms with Crippen LogP contribution < -0.4 is 5.32 Å². The maximum absolute atomic E-state index is 12.2. The Hall–Kier alpha value is -1.26. The zero-order chi connectivity index (χ0) is 13.3. The molecule has 2 fully saturated rings. The molecule has 0 radical (unpaired) electrons. The average Bonchev–Trinajstić information content (AvgIpc) is 3.11. The van der Waals surface area contributed by atoms with Gasteiger partial charge in [-0.15, -0.1) is 0 Å². The van der Waals surface area contributed by atoms with Crippen LogP contribution in [0.2, 0.25) is 0 Å². The minimum Gasteiger partial charge on any atom is -0.480 e. The van der Waals surface area contributed by atoms with Gasteiger partial charge in [0.1, 0.15) is 6.04 Å². The first-order chi connectivity index (χ1) is 8.50. The Labute approximate surface area is 108 Å². The Morgan fingerprint density at radius 2 is 2.00 bits per heavy atom. The number of carboxylic acids is 1. The van der Waals surface area contributed by atoms with Gasteiger partial charge in [0.25, 0.3) is 0 Å². The molecule has 0 spiro atoms. The third-order valence-electron chi connectivity index (χ3n) is 4.13. The lowest BCUT2D eigenvalue weighted by Crippen LogP contribution is -2.56. The molecule has 0 aromatic carbocycles. The van der Waals surface area contributed by atoms with Crippen molar-refractivity contribution in [1.29, 1.82) is 0 Å². The molecule has 18 heavy (non-hydrogen) atoms. The molecule has 3 atom stereocenters. The van der Waals surface area contributed by atoms with Gasteiger partial charge in [0, 0.05) is 12.6 Å². The van der Waals surface area contributed by atoms with E-state index in [4.69, 9.17) is 0 Å². The molecular weight excluding hydrogens is 232 g/mol. The number of piperidine rings is 1. The molecule has 1 aliphatic heterocycles. The minimum atomic E-state index is -0.892. The average molecular weight is 254 g/mol. The number of hydrogen-bond acceptors (Lipinski definition) is 2. The summed E-state index contributed by atoms with van der Waals surface area (Å²) < 4.78 is 0. The van der Waals surface area contributed by atoms with E-state index >= 15 is 0 Å². The van der Waals surface area contributed by atoms with Gasteiger partial charge in [-0.1, -0.05) is 6.92 Å². The van der Waals surface area contributed by atoms with Gasteiger partial charge in [-0.3, -0.25) is 0 Å². The topological polar surface area (TPSA) is 69.6 Å². The molecule has 5 heteroatoms. The second-order valence-electron chi connectivity index (χ2n) is 5.67. The number of nitrogens with zero attached hydrogens (tertiary/aromatic N) is 1. The number of amides is 2. The zero-order valence-electron chi connectivity index (χ0n) is 11.1. The third-order valence-corrected chi connectivity index (χ3v) is 4.13. The number of likely N-dealkylation sites (tertiary alicyclic amines) is 1. The highest BCUT2D eigenvalue weighted by atomic mass is 16.4. The normalized spacial score (nSPS) is 29.8. The van der Waals surface area contributed by atoms with Gasteiger partial charge in [-0.25, -0.2) is 9.59 Å². The first kappa shape index (κ1) is 13.2. The van der Waals surface area contributed by atoms with Crippen LogP contribution in [0.5, 0.6) is 0 Å². The zero-order valence-corrected chi connectivity index (χ0v) is 11.1. The summed E-state index contributed by atoms with van der Waals surface area (Å²) in [4.78, 5) is 24.9. The molecule has 102 valence electrons. The molecule has 0 bridgehead atoms. The highest BCUT2D eigenvalue weighted by molar-refractivity contribution is 5.83. The summed E-state index contributed by atoms with van der Waals surface area (Å²) >= 11 is 0. The number of urea groups is 1. The molecule has 2 aliphatic rings. The van der Waals surface area contributed by atoms with E-state index in [0.29, 0.717) is 12.5 Å². The van der Waals surface area contributed by atoms with E-state index in [0.717, 1.165) is 12.8 Å². The second kappa shape index (κ2) is 5.16. The number of carbonyl (C=O) groups is 2. The Morgan fingerprint density at radius 3 is 2.56 bits per heavy atom. The molecule has 2 rings (SSSR count). The fourth-order valence-corrected chi connectivity index (χ4v) is 2.78. The highest BCUT2D eigenvalue weighted by Gasteiger charge is 2.38. The van der Waals surface area contributed by atoms with Crippen molar-refractivity contribution in [2.75, 3.05) is 6.54 Å².